The average molecular weight is 492 g/mol. The van der Waals surface area contributed by atoms with Crippen LogP contribution in [0.25, 0.3) is 0 Å². The lowest BCUT2D eigenvalue weighted by Gasteiger charge is -2.30. The van der Waals surface area contributed by atoms with E-state index in [0.29, 0.717) is 19.3 Å². The summed E-state index contributed by atoms with van der Waals surface area (Å²) in [7, 11) is -1.67. The molecule has 0 heterocycles. The number of amides is 2. The van der Waals surface area contributed by atoms with E-state index in [4.69, 9.17) is 4.74 Å². The van der Waals surface area contributed by atoms with Crippen molar-refractivity contribution in [1.29, 1.82) is 0 Å². The fourth-order valence-electron chi connectivity index (χ4n) is 4.13. The van der Waals surface area contributed by atoms with E-state index in [2.05, 4.69) is 10.6 Å². The zero-order chi connectivity index (χ0) is 26.5. The first kappa shape index (κ1) is 30.9. The maximum atomic E-state index is 13.1. The van der Waals surface area contributed by atoms with Gasteiger partial charge in [-0.05, 0) is 49.0 Å². The van der Waals surface area contributed by atoms with Crippen molar-refractivity contribution in [2.24, 2.45) is 23.7 Å². The van der Waals surface area contributed by atoms with Crippen LogP contribution in [0.15, 0.2) is 30.3 Å². The van der Waals surface area contributed by atoms with Gasteiger partial charge < -0.3 is 30.5 Å². The van der Waals surface area contributed by atoms with Crippen LogP contribution in [0.5, 0.6) is 0 Å². The number of carbonyl (C=O) groups is 2. The summed E-state index contributed by atoms with van der Waals surface area (Å²) in [6.45, 7) is 12.0. The molecule has 9 heteroatoms. The normalized spacial score (nSPS) is 15.0. The van der Waals surface area contributed by atoms with Gasteiger partial charge in [-0.1, -0.05) is 71.9 Å². The molecule has 1 rings (SSSR count). The smallest absolute Gasteiger partial charge is 0.445 e. The van der Waals surface area contributed by atoms with E-state index in [1.54, 1.807) is 0 Å². The second kappa shape index (κ2) is 15.8. The minimum absolute atomic E-state index is 0.121. The number of hydrogen-bond acceptors (Lipinski definition) is 6. The largest absolute Gasteiger partial charge is 0.475 e. The SMILES string of the molecule is CC(C)CC(NC(=O)C(CC(C)C)CC(O)C(CC(C)C)NC(=O)OCc1ccccc1)B(O)O. The molecular weight excluding hydrogens is 447 g/mol. The van der Waals surface area contributed by atoms with Crippen molar-refractivity contribution in [3.63, 3.8) is 0 Å². The van der Waals surface area contributed by atoms with Gasteiger partial charge in [0.15, 0.2) is 0 Å². The Morgan fingerprint density at radius 2 is 1.43 bits per heavy atom. The Morgan fingerprint density at radius 3 is 1.94 bits per heavy atom. The molecule has 2 amide bonds. The van der Waals surface area contributed by atoms with Crippen molar-refractivity contribution in [2.45, 2.75) is 91.9 Å². The van der Waals surface area contributed by atoms with Crippen LogP contribution in [0.2, 0.25) is 0 Å². The molecule has 8 nitrogen and oxygen atoms in total. The van der Waals surface area contributed by atoms with E-state index in [1.807, 2.05) is 71.9 Å². The molecule has 0 fully saturated rings. The molecule has 0 radical (unpaired) electrons. The molecule has 0 spiro atoms. The van der Waals surface area contributed by atoms with Gasteiger partial charge in [0.2, 0.25) is 5.91 Å². The molecule has 0 aliphatic heterocycles. The van der Waals surface area contributed by atoms with Crippen LogP contribution >= 0.6 is 0 Å². The van der Waals surface area contributed by atoms with Crippen molar-refractivity contribution in [1.82, 2.24) is 10.6 Å². The van der Waals surface area contributed by atoms with E-state index >= 15 is 0 Å². The van der Waals surface area contributed by atoms with Crippen LogP contribution < -0.4 is 10.6 Å². The highest BCUT2D eigenvalue weighted by atomic mass is 16.5. The van der Waals surface area contributed by atoms with E-state index in [0.717, 1.165) is 5.56 Å². The summed E-state index contributed by atoms with van der Waals surface area (Å²) in [6, 6.07) is 8.74. The number of carbonyl (C=O) groups excluding carboxylic acids is 2. The Balaban J connectivity index is 2.86. The molecule has 35 heavy (non-hydrogen) atoms. The van der Waals surface area contributed by atoms with E-state index in [-0.39, 0.29) is 36.7 Å². The number of alkyl carbamates (subject to hydrolysis) is 1. The van der Waals surface area contributed by atoms with E-state index < -0.39 is 37.2 Å². The standard InChI is InChI=1S/C26H45BN2O6/c1-17(2)12-21(25(31)29-24(27(33)34)14-19(5)6)15-23(30)22(13-18(3)4)28-26(32)35-16-20-10-8-7-9-11-20/h7-11,17-19,21-24,30,33-34H,12-16H2,1-6H3,(H,28,32)(H,29,31). The lowest BCUT2D eigenvalue weighted by molar-refractivity contribution is -0.127. The molecule has 0 aromatic heterocycles. The van der Waals surface area contributed by atoms with Gasteiger partial charge >= 0.3 is 13.2 Å². The van der Waals surface area contributed by atoms with Crippen LogP contribution in [0.1, 0.15) is 72.8 Å². The Morgan fingerprint density at radius 1 is 0.857 bits per heavy atom. The minimum Gasteiger partial charge on any atom is -0.445 e. The number of hydrogen-bond donors (Lipinski definition) is 5. The van der Waals surface area contributed by atoms with E-state index in [9.17, 15) is 24.7 Å². The predicted octanol–water partition coefficient (Wildman–Crippen LogP) is 3.28. The Labute approximate surface area is 211 Å². The predicted molar refractivity (Wildman–Crippen MR) is 138 cm³/mol. The molecule has 0 aliphatic rings. The van der Waals surface area contributed by atoms with Crippen LogP contribution in [-0.4, -0.2) is 52.4 Å². The van der Waals surface area contributed by atoms with Gasteiger partial charge in [-0.15, -0.1) is 0 Å². The van der Waals surface area contributed by atoms with Crippen molar-refractivity contribution in [3.05, 3.63) is 35.9 Å². The van der Waals surface area contributed by atoms with Crippen molar-refractivity contribution < 1.29 is 29.5 Å². The Hall–Kier alpha value is -2.10. The third-order valence-corrected chi connectivity index (χ3v) is 5.77. The van der Waals surface area contributed by atoms with Crippen molar-refractivity contribution in [3.8, 4) is 0 Å². The summed E-state index contributed by atoms with van der Waals surface area (Å²) in [5, 5.41) is 36.0. The van der Waals surface area contributed by atoms with Gasteiger partial charge in [0.05, 0.1) is 18.1 Å². The minimum atomic E-state index is -1.67. The summed E-state index contributed by atoms with van der Waals surface area (Å²) in [5.41, 5.74) is 0.860. The molecular formula is C26H45BN2O6. The molecule has 0 saturated heterocycles. The molecule has 4 atom stereocenters. The van der Waals surface area contributed by atoms with Crippen LogP contribution in [0.4, 0.5) is 4.79 Å². The van der Waals surface area contributed by atoms with Gasteiger partial charge in [-0.25, -0.2) is 4.79 Å². The molecule has 0 saturated carbocycles. The van der Waals surface area contributed by atoms with Gasteiger partial charge in [0.1, 0.15) is 6.61 Å². The fourth-order valence-corrected chi connectivity index (χ4v) is 4.13. The monoisotopic (exact) mass is 492 g/mol. The third-order valence-electron chi connectivity index (χ3n) is 5.77. The van der Waals surface area contributed by atoms with Gasteiger partial charge in [0, 0.05) is 5.92 Å². The first-order valence-electron chi connectivity index (χ1n) is 12.7. The number of rotatable bonds is 15. The topological polar surface area (TPSA) is 128 Å². The summed E-state index contributed by atoms with van der Waals surface area (Å²) in [5.74, 6) is -1.11. The molecule has 1 aromatic carbocycles. The van der Waals surface area contributed by atoms with Gasteiger partial charge in [-0.3, -0.25) is 4.79 Å². The first-order chi connectivity index (χ1) is 16.4. The van der Waals surface area contributed by atoms with Crippen molar-refractivity contribution in [2.75, 3.05) is 0 Å². The first-order valence-corrected chi connectivity index (χ1v) is 12.7. The lowest BCUT2D eigenvalue weighted by atomic mass is 9.74. The molecule has 0 aliphatic carbocycles. The highest BCUT2D eigenvalue weighted by Crippen LogP contribution is 2.22. The second-order valence-corrected chi connectivity index (χ2v) is 10.7. The van der Waals surface area contributed by atoms with Crippen LogP contribution in [0.3, 0.4) is 0 Å². The highest BCUT2D eigenvalue weighted by Gasteiger charge is 2.33. The Kier molecular flexibility index (Phi) is 14.0. The number of nitrogens with one attached hydrogen (secondary N) is 2. The van der Waals surface area contributed by atoms with Crippen molar-refractivity contribution >= 4 is 19.1 Å². The number of benzene rings is 1. The molecule has 198 valence electrons. The zero-order valence-electron chi connectivity index (χ0n) is 22.1. The Bertz CT molecular complexity index is 745. The quantitative estimate of drug-likeness (QED) is 0.239. The fraction of sp³-hybridized carbons (Fsp3) is 0.692. The number of aliphatic hydroxyl groups excluding tert-OH is 1. The molecule has 4 unspecified atom stereocenters. The average Bonchev–Trinajstić information content (AvgIpc) is 2.76. The summed E-state index contributed by atoms with van der Waals surface area (Å²) >= 11 is 0. The highest BCUT2D eigenvalue weighted by molar-refractivity contribution is 6.43. The maximum absolute atomic E-state index is 13.1. The maximum Gasteiger partial charge on any atom is 0.475 e. The summed E-state index contributed by atoms with van der Waals surface area (Å²) in [4.78, 5) is 25.5. The number of aliphatic hydroxyl groups is 1. The number of ether oxygens (including phenoxy) is 1. The second-order valence-electron chi connectivity index (χ2n) is 10.7. The van der Waals surface area contributed by atoms with Crippen LogP contribution in [-0.2, 0) is 16.1 Å². The van der Waals surface area contributed by atoms with Gasteiger partial charge in [0.25, 0.3) is 0 Å². The third kappa shape index (κ3) is 13.0. The zero-order valence-corrected chi connectivity index (χ0v) is 22.1. The lowest BCUT2D eigenvalue weighted by Crippen LogP contribution is -2.50. The molecule has 0 bridgehead atoms. The summed E-state index contributed by atoms with van der Waals surface area (Å²) in [6.07, 6.45) is -0.00152. The van der Waals surface area contributed by atoms with E-state index in [1.165, 1.54) is 0 Å². The molecule has 1 aromatic rings. The van der Waals surface area contributed by atoms with Gasteiger partial charge in [-0.2, -0.15) is 0 Å². The molecule has 5 N–H and O–H groups in total. The summed E-state index contributed by atoms with van der Waals surface area (Å²) < 4.78 is 5.33. The van der Waals surface area contributed by atoms with Crippen LogP contribution in [0, 0.1) is 23.7 Å².